The van der Waals surface area contributed by atoms with E-state index >= 15 is 0 Å². The summed E-state index contributed by atoms with van der Waals surface area (Å²) in [5, 5.41) is 0. The van der Waals surface area contributed by atoms with Crippen LogP contribution < -0.4 is 132 Å². The first-order valence-corrected chi connectivity index (χ1v) is 5.11. The van der Waals surface area contributed by atoms with E-state index < -0.39 is 22.3 Å². The van der Waals surface area contributed by atoms with Gasteiger partial charge in [0.15, 0.2) is 0 Å². The molecule has 64 valence electrons. The minimum atomic E-state index is -4.64. The van der Waals surface area contributed by atoms with E-state index in [-0.39, 0.29) is 137 Å². The van der Waals surface area contributed by atoms with Crippen LogP contribution in [0.3, 0.4) is 0 Å². The summed E-state index contributed by atoms with van der Waals surface area (Å²) in [4.78, 5) is 21.6. The van der Waals surface area contributed by atoms with Crippen LogP contribution in [-0.2, 0) is 8.40 Å². The maximum atomic E-state index is 8.88. The molecule has 0 fully saturated rings. The van der Waals surface area contributed by atoms with Gasteiger partial charge < -0.3 is 19.0 Å². The quantitative estimate of drug-likeness (QED) is 0.220. The van der Waals surface area contributed by atoms with E-state index in [1.54, 1.807) is 0 Å². The van der Waals surface area contributed by atoms with Crippen LogP contribution in [0.2, 0.25) is 0 Å². The molecule has 0 aromatic heterocycles. The molecule has 7 nitrogen and oxygen atoms in total. The summed E-state index contributed by atoms with van der Waals surface area (Å²) in [6, 6.07) is 0. The first-order chi connectivity index (χ1) is 3.73. The summed E-state index contributed by atoms with van der Waals surface area (Å²) in [5.41, 5.74) is 0. The molecular formula is H8K2NaO7PSe. The Bertz CT molecular complexity index is 132. The normalized spacial score (nSPS) is 7.83. The second kappa shape index (κ2) is 18.0. The van der Waals surface area contributed by atoms with E-state index in [2.05, 4.69) is 0 Å². The van der Waals surface area contributed by atoms with Gasteiger partial charge in [0.25, 0.3) is 0 Å². The fourth-order valence-corrected chi connectivity index (χ4v) is 0. The summed E-state index contributed by atoms with van der Waals surface area (Å²) in [6.07, 6.45) is 0. The molecule has 0 amide bonds. The number of rotatable bonds is 0. The first kappa shape index (κ1) is 30.0. The molecule has 0 aromatic rings. The van der Waals surface area contributed by atoms with E-state index in [1.807, 2.05) is 0 Å². The van der Waals surface area contributed by atoms with Gasteiger partial charge in [-0.3, -0.25) is 0 Å². The second-order valence-corrected chi connectivity index (χ2v) is 2.74. The van der Waals surface area contributed by atoms with Crippen LogP contribution in [-0.4, -0.2) is 37.6 Å². The molecule has 0 aliphatic carbocycles. The molecule has 0 aromatic carbocycles. The zero-order valence-electron chi connectivity index (χ0n) is 9.91. The fourth-order valence-electron chi connectivity index (χ4n) is 0. The number of hydrogen-bond acceptors (Lipinski definition) is 2. The van der Waals surface area contributed by atoms with Crippen LogP contribution in [0.5, 0.6) is 0 Å². The van der Waals surface area contributed by atoms with E-state index in [1.165, 1.54) is 0 Å². The van der Waals surface area contributed by atoms with E-state index in [0.29, 0.717) is 0 Å². The van der Waals surface area contributed by atoms with Gasteiger partial charge in [0.1, 0.15) is 0 Å². The molecule has 0 spiro atoms. The first-order valence-electron chi connectivity index (χ1n) is 1.31. The van der Waals surface area contributed by atoms with Crippen LogP contribution in [0.1, 0.15) is 4.28 Å². The zero-order chi connectivity index (χ0) is 8.08. The molecule has 12 heteroatoms. The van der Waals surface area contributed by atoms with Gasteiger partial charge in [-0.15, -0.1) is 0 Å². The molecule has 0 radical (unpaired) electrons. The zero-order valence-corrected chi connectivity index (χ0v) is 17.8. The van der Waals surface area contributed by atoms with Crippen LogP contribution in [0.4, 0.5) is 0 Å². The van der Waals surface area contributed by atoms with Crippen molar-refractivity contribution in [1.82, 2.24) is 0 Å². The van der Waals surface area contributed by atoms with Crippen LogP contribution in [0.15, 0.2) is 0 Å². The van der Waals surface area contributed by atoms with Crippen LogP contribution in [0.25, 0.3) is 0 Å². The summed E-state index contributed by atoms with van der Waals surface area (Å²) in [6.45, 7) is 0. The summed E-state index contributed by atoms with van der Waals surface area (Å²) < 4.78 is 32.0. The minimum absolute atomic E-state index is 0. The number of hydrogen-bond donors (Lipinski definition) is 5. The topological polar surface area (TPSA) is 135 Å². The molecule has 0 unspecified atom stereocenters. The summed E-state index contributed by atoms with van der Waals surface area (Å²) in [5.74, 6) is 0. The summed E-state index contributed by atoms with van der Waals surface area (Å²) in [7, 11) is -4.64. The van der Waals surface area contributed by atoms with Crippen molar-refractivity contribution in [2.24, 2.45) is 0 Å². The van der Waals surface area contributed by atoms with Crippen LogP contribution >= 0.6 is 7.82 Å². The van der Waals surface area contributed by atoms with E-state index in [4.69, 9.17) is 31.5 Å². The van der Waals surface area contributed by atoms with Crippen molar-refractivity contribution in [2.45, 2.75) is 0 Å². The maximum absolute atomic E-state index is 8.88. The van der Waals surface area contributed by atoms with Gasteiger partial charge in [0.2, 0.25) is 0 Å². The Morgan fingerprint density at radius 1 is 1.08 bits per heavy atom. The molecule has 0 saturated carbocycles. The van der Waals surface area contributed by atoms with Crippen molar-refractivity contribution in [3.05, 3.63) is 0 Å². The molecule has 0 aliphatic rings. The molecule has 0 bridgehead atoms. The molecule has 12 heavy (non-hydrogen) atoms. The monoisotopic (exact) mass is 332 g/mol. The van der Waals surface area contributed by atoms with Crippen molar-refractivity contribution in [2.75, 3.05) is 0 Å². The Morgan fingerprint density at radius 3 is 1.08 bits per heavy atom. The average molecular weight is 331 g/mol. The number of phosphoric acid groups is 1. The molecule has 0 heterocycles. The van der Waals surface area contributed by atoms with Crippen molar-refractivity contribution in [1.29, 1.82) is 0 Å². The van der Waals surface area contributed by atoms with E-state index in [9.17, 15) is 0 Å². The van der Waals surface area contributed by atoms with Gasteiger partial charge in [0.05, 0.1) is 0 Å². The Labute approximate surface area is 185 Å². The SMILES string of the molecule is O=P(O)(O)O.O=[Se](O)O.[H-].[H-].[H-].[K+].[K+].[Na+]. The molecule has 0 saturated heterocycles. The van der Waals surface area contributed by atoms with Crippen molar-refractivity contribution in [3.8, 4) is 0 Å². The average Bonchev–Trinajstić information content (AvgIpc) is 1.19. The molecule has 0 atom stereocenters. The fraction of sp³-hybridized carbons (Fsp3) is 0. The largest absolute Gasteiger partial charge is 1.00 e. The van der Waals surface area contributed by atoms with Gasteiger partial charge in [0, 0.05) is 0 Å². The van der Waals surface area contributed by atoms with Gasteiger partial charge in [-0.1, -0.05) is 0 Å². The molecule has 0 aliphatic heterocycles. The van der Waals surface area contributed by atoms with Gasteiger partial charge >= 0.3 is 167 Å². The van der Waals surface area contributed by atoms with Crippen molar-refractivity contribution >= 4 is 22.3 Å². The predicted octanol–water partition coefficient (Wildman–Crippen LogP) is -11.2. The molecular weight excluding hydrogens is 323 g/mol. The van der Waals surface area contributed by atoms with Crippen molar-refractivity contribution in [3.63, 3.8) is 0 Å². The molecule has 0 rings (SSSR count). The Kier molecular flexibility index (Phi) is 45.0. The smallest absolute Gasteiger partial charge is 1.00 e. The summed E-state index contributed by atoms with van der Waals surface area (Å²) >= 11 is -3.29. The second-order valence-electron chi connectivity index (χ2n) is 0.744. The Morgan fingerprint density at radius 2 is 1.08 bits per heavy atom. The Hall–Kier alpha value is 4.62. The molecule has 5 N–H and O–H groups in total. The van der Waals surface area contributed by atoms with Gasteiger partial charge in [-0.2, -0.15) is 0 Å². The third-order valence-corrected chi connectivity index (χ3v) is 0. The maximum Gasteiger partial charge on any atom is 1.00 e. The third kappa shape index (κ3) is 127. The predicted molar refractivity (Wildman–Crippen MR) is 28.5 cm³/mol. The van der Waals surface area contributed by atoms with Gasteiger partial charge in [-0.25, -0.2) is 4.57 Å². The standard InChI is InChI=1S/2K.Na.H3O4P.H2O3Se.3H/c;;;1-5(2,3)4;1-4(2)3;;;/h;;;(H3,1,2,3,4);(H2,1,2,3);;;/q3*+1;;;3*-1. The minimum Gasteiger partial charge on any atom is -1.00 e. The van der Waals surface area contributed by atoms with Crippen LogP contribution in [0, 0.1) is 0 Å². The third-order valence-electron chi connectivity index (χ3n) is 0. The van der Waals surface area contributed by atoms with E-state index in [0.717, 1.165) is 0 Å². The Balaban J connectivity index is -0.00000000785. The van der Waals surface area contributed by atoms with Gasteiger partial charge in [-0.05, 0) is 0 Å². The van der Waals surface area contributed by atoms with Crippen molar-refractivity contribution < 1.29 is 168 Å².